The molecule has 1 N–H and O–H groups in total. The highest BCUT2D eigenvalue weighted by Gasteiger charge is 2.23. The summed E-state index contributed by atoms with van der Waals surface area (Å²) in [7, 11) is 0. The van der Waals surface area contributed by atoms with Gasteiger partial charge in [-0.3, -0.25) is 4.79 Å². The van der Waals surface area contributed by atoms with E-state index in [-0.39, 0.29) is 12.0 Å². The van der Waals surface area contributed by atoms with Gasteiger partial charge < -0.3 is 10.1 Å². The molecule has 1 aliphatic heterocycles. The zero-order chi connectivity index (χ0) is 15.6. The number of carbonyl (C=O) groups is 1. The lowest BCUT2D eigenvalue weighted by Gasteiger charge is -2.10. The number of ether oxygens (including phenoxy) is 1. The first-order chi connectivity index (χ1) is 11.3. The maximum absolute atomic E-state index is 12.0. The maximum atomic E-state index is 12.0. The normalized spacial score (nSPS) is 17.5. The first kappa shape index (κ1) is 14.4. The van der Waals surface area contributed by atoms with Crippen LogP contribution in [0.15, 0.2) is 48.5 Å². The van der Waals surface area contributed by atoms with E-state index >= 15 is 0 Å². The molecule has 1 amide bonds. The number of nitrogens with one attached hydrogen (secondary N) is 1. The van der Waals surface area contributed by atoms with Crippen molar-refractivity contribution >= 4 is 33.1 Å². The first-order valence-electron chi connectivity index (χ1n) is 7.68. The van der Waals surface area contributed by atoms with Gasteiger partial charge in [-0.2, -0.15) is 0 Å². The molecule has 1 fully saturated rings. The third kappa shape index (κ3) is 2.98. The summed E-state index contributed by atoms with van der Waals surface area (Å²) >= 11 is 1.67. The average Bonchev–Trinajstić information content (AvgIpc) is 3.25. The number of anilines is 1. The fourth-order valence-electron chi connectivity index (χ4n) is 2.70. The summed E-state index contributed by atoms with van der Waals surface area (Å²) in [6.45, 7) is 0.675. The molecule has 23 heavy (non-hydrogen) atoms. The van der Waals surface area contributed by atoms with Crippen LogP contribution in [0.5, 0.6) is 0 Å². The molecule has 116 valence electrons. The lowest BCUT2D eigenvalue weighted by Crippen LogP contribution is -2.26. The number of fused-ring (bicyclic) bond motifs is 1. The molecule has 1 aliphatic rings. The summed E-state index contributed by atoms with van der Waals surface area (Å²) in [4.78, 5) is 16.7. The number of hydrogen-bond donors (Lipinski definition) is 1. The summed E-state index contributed by atoms with van der Waals surface area (Å²) < 4.78 is 6.57. The molecule has 3 aromatic rings. The Hall–Kier alpha value is -2.24. The van der Waals surface area contributed by atoms with Crippen LogP contribution in [-0.4, -0.2) is 23.6 Å². The van der Waals surface area contributed by atoms with Crippen molar-refractivity contribution in [3.05, 3.63) is 48.5 Å². The van der Waals surface area contributed by atoms with E-state index in [0.717, 1.165) is 34.6 Å². The van der Waals surface area contributed by atoms with Crippen molar-refractivity contribution in [2.24, 2.45) is 0 Å². The topological polar surface area (TPSA) is 51.2 Å². The molecular formula is C18H16N2O2S. The van der Waals surface area contributed by atoms with Crippen molar-refractivity contribution in [1.29, 1.82) is 0 Å². The number of thiazole rings is 1. The fraction of sp³-hybridized carbons (Fsp3) is 0.222. The van der Waals surface area contributed by atoms with Crippen LogP contribution in [0.3, 0.4) is 0 Å². The summed E-state index contributed by atoms with van der Waals surface area (Å²) in [5.74, 6) is -0.0600. The molecular weight excluding hydrogens is 308 g/mol. The number of rotatable bonds is 3. The average molecular weight is 324 g/mol. The van der Waals surface area contributed by atoms with Crippen molar-refractivity contribution in [3.63, 3.8) is 0 Å². The minimum atomic E-state index is -0.307. The van der Waals surface area contributed by atoms with Crippen LogP contribution in [0.1, 0.15) is 12.8 Å². The highest BCUT2D eigenvalue weighted by molar-refractivity contribution is 7.21. The summed E-state index contributed by atoms with van der Waals surface area (Å²) in [5.41, 5.74) is 2.86. The van der Waals surface area contributed by atoms with E-state index < -0.39 is 0 Å². The molecule has 5 heteroatoms. The Morgan fingerprint density at radius 1 is 1.17 bits per heavy atom. The van der Waals surface area contributed by atoms with Gasteiger partial charge in [-0.1, -0.05) is 12.1 Å². The maximum Gasteiger partial charge on any atom is 0.253 e. The molecule has 4 rings (SSSR count). The fourth-order valence-corrected chi connectivity index (χ4v) is 3.67. The van der Waals surface area contributed by atoms with Crippen LogP contribution in [0.4, 0.5) is 5.69 Å². The van der Waals surface area contributed by atoms with Crippen LogP contribution < -0.4 is 5.32 Å². The Morgan fingerprint density at radius 3 is 2.74 bits per heavy atom. The second-order valence-corrected chi connectivity index (χ2v) is 6.59. The number of aromatic nitrogens is 1. The van der Waals surface area contributed by atoms with E-state index in [0.29, 0.717) is 6.61 Å². The largest absolute Gasteiger partial charge is 0.368 e. The van der Waals surface area contributed by atoms with Gasteiger partial charge in [0.05, 0.1) is 10.2 Å². The number of nitrogens with zero attached hydrogens (tertiary/aromatic N) is 1. The van der Waals surface area contributed by atoms with E-state index in [9.17, 15) is 4.79 Å². The van der Waals surface area contributed by atoms with E-state index in [1.54, 1.807) is 11.3 Å². The van der Waals surface area contributed by atoms with E-state index in [1.807, 2.05) is 42.5 Å². The molecule has 1 saturated heterocycles. The quantitative estimate of drug-likeness (QED) is 0.790. The SMILES string of the molecule is O=C(Nc1ccc(-c2nc3ccccc3s2)cc1)[C@H]1CCCO1. The summed E-state index contributed by atoms with van der Waals surface area (Å²) in [6.07, 6.45) is 1.45. The van der Waals surface area contributed by atoms with Gasteiger partial charge in [-0.25, -0.2) is 4.98 Å². The van der Waals surface area contributed by atoms with Gasteiger partial charge >= 0.3 is 0 Å². The van der Waals surface area contributed by atoms with Gasteiger partial charge in [0.1, 0.15) is 11.1 Å². The molecule has 1 atom stereocenters. The van der Waals surface area contributed by atoms with E-state index in [1.165, 1.54) is 4.70 Å². The Labute approximate surface area is 138 Å². The Balaban J connectivity index is 1.52. The van der Waals surface area contributed by atoms with Crippen LogP contribution in [0.25, 0.3) is 20.8 Å². The number of hydrogen-bond acceptors (Lipinski definition) is 4. The van der Waals surface area contributed by atoms with Gasteiger partial charge in [-0.05, 0) is 49.2 Å². The highest BCUT2D eigenvalue weighted by Crippen LogP contribution is 2.30. The van der Waals surface area contributed by atoms with E-state index in [4.69, 9.17) is 4.74 Å². The number of carbonyl (C=O) groups excluding carboxylic acids is 1. The first-order valence-corrected chi connectivity index (χ1v) is 8.50. The lowest BCUT2D eigenvalue weighted by atomic mass is 10.2. The predicted octanol–water partition coefficient (Wildman–Crippen LogP) is 4.08. The monoisotopic (exact) mass is 324 g/mol. The number of benzene rings is 2. The van der Waals surface area contributed by atoms with Crippen LogP contribution >= 0.6 is 11.3 Å². The van der Waals surface area contributed by atoms with Gasteiger partial charge in [-0.15, -0.1) is 11.3 Å². The minimum absolute atomic E-state index is 0.0600. The Morgan fingerprint density at radius 2 is 2.00 bits per heavy atom. The predicted molar refractivity (Wildman–Crippen MR) is 92.7 cm³/mol. The van der Waals surface area contributed by atoms with Crippen molar-refractivity contribution in [2.45, 2.75) is 18.9 Å². The second kappa shape index (κ2) is 6.10. The van der Waals surface area contributed by atoms with Crippen molar-refractivity contribution in [2.75, 3.05) is 11.9 Å². The molecule has 0 spiro atoms. The van der Waals surface area contributed by atoms with Gasteiger partial charge in [0.15, 0.2) is 0 Å². The smallest absolute Gasteiger partial charge is 0.253 e. The zero-order valence-electron chi connectivity index (χ0n) is 12.5. The molecule has 0 radical (unpaired) electrons. The third-order valence-corrected chi connectivity index (χ3v) is 5.00. The molecule has 2 aromatic carbocycles. The molecule has 0 bridgehead atoms. The molecule has 0 aliphatic carbocycles. The minimum Gasteiger partial charge on any atom is -0.368 e. The van der Waals surface area contributed by atoms with Crippen molar-refractivity contribution in [3.8, 4) is 10.6 Å². The Bertz CT molecular complexity index is 803. The summed E-state index contributed by atoms with van der Waals surface area (Å²) in [5, 5.41) is 3.90. The third-order valence-electron chi connectivity index (χ3n) is 3.92. The van der Waals surface area contributed by atoms with Crippen molar-refractivity contribution < 1.29 is 9.53 Å². The molecule has 4 nitrogen and oxygen atoms in total. The van der Waals surface area contributed by atoms with Gasteiger partial charge in [0, 0.05) is 17.9 Å². The molecule has 2 heterocycles. The zero-order valence-corrected chi connectivity index (χ0v) is 13.3. The van der Waals surface area contributed by atoms with Gasteiger partial charge in [0.2, 0.25) is 0 Å². The highest BCUT2D eigenvalue weighted by atomic mass is 32.1. The number of amides is 1. The second-order valence-electron chi connectivity index (χ2n) is 5.56. The number of para-hydroxylation sites is 1. The molecule has 0 unspecified atom stereocenters. The van der Waals surface area contributed by atoms with Crippen molar-refractivity contribution in [1.82, 2.24) is 4.98 Å². The van der Waals surface area contributed by atoms with Gasteiger partial charge in [0.25, 0.3) is 5.91 Å². The van der Waals surface area contributed by atoms with Crippen LogP contribution in [0.2, 0.25) is 0 Å². The lowest BCUT2D eigenvalue weighted by molar-refractivity contribution is -0.124. The van der Waals surface area contributed by atoms with Crippen LogP contribution in [0, 0.1) is 0 Å². The van der Waals surface area contributed by atoms with E-state index in [2.05, 4.69) is 16.4 Å². The Kier molecular flexibility index (Phi) is 3.81. The van der Waals surface area contributed by atoms with Crippen LogP contribution in [-0.2, 0) is 9.53 Å². The standard InChI is InChI=1S/C18H16N2O2S/c21-17(15-5-3-11-22-15)19-13-9-7-12(8-10-13)18-20-14-4-1-2-6-16(14)23-18/h1-2,4,6-10,15H,3,5,11H2,(H,19,21)/t15-/m1/s1. The summed E-state index contributed by atoms with van der Waals surface area (Å²) in [6, 6.07) is 15.9. The molecule has 1 aromatic heterocycles. The molecule has 0 saturated carbocycles.